The summed E-state index contributed by atoms with van der Waals surface area (Å²) in [5.41, 5.74) is 2.57. The Labute approximate surface area is 132 Å². The molecule has 0 unspecified atom stereocenters. The topological polar surface area (TPSA) is 38.1 Å². The first kappa shape index (κ1) is 13.7. The van der Waals surface area contributed by atoms with Crippen molar-refractivity contribution in [1.82, 2.24) is 9.55 Å². The summed E-state index contributed by atoms with van der Waals surface area (Å²) in [6.45, 7) is 0.489. The Kier molecular flexibility index (Phi) is 3.19. The number of amides is 1. The van der Waals surface area contributed by atoms with Crippen LogP contribution in [0.4, 0.5) is 10.1 Å². The van der Waals surface area contributed by atoms with Crippen LogP contribution in [0.2, 0.25) is 0 Å². The number of benzene rings is 1. The second-order valence-corrected chi connectivity index (χ2v) is 5.47. The van der Waals surface area contributed by atoms with Crippen LogP contribution in [-0.4, -0.2) is 22.0 Å². The van der Waals surface area contributed by atoms with Crippen LogP contribution in [0.1, 0.15) is 15.9 Å². The number of fused-ring (bicyclic) bond motifs is 1. The van der Waals surface area contributed by atoms with Gasteiger partial charge in [0.1, 0.15) is 5.82 Å². The first-order valence-corrected chi connectivity index (χ1v) is 7.42. The van der Waals surface area contributed by atoms with Crippen molar-refractivity contribution in [3.8, 4) is 5.69 Å². The fourth-order valence-electron chi connectivity index (χ4n) is 2.95. The number of hydrogen-bond acceptors (Lipinski definition) is 2. The maximum absolute atomic E-state index is 13.8. The highest BCUT2D eigenvalue weighted by Gasteiger charge is 2.27. The number of halogens is 1. The summed E-state index contributed by atoms with van der Waals surface area (Å²) in [7, 11) is 0. The molecule has 0 N–H and O–H groups in total. The van der Waals surface area contributed by atoms with Crippen LogP contribution in [0.3, 0.4) is 0 Å². The second-order valence-electron chi connectivity index (χ2n) is 5.47. The maximum Gasteiger partial charge on any atom is 0.259 e. The SMILES string of the molecule is O=C(c1cncc(-n2cccc2)c1)N1CCc2c(F)cccc21. The molecule has 0 saturated carbocycles. The van der Waals surface area contributed by atoms with Gasteiger partial charge in [0, 0.05) is 30.7 Å². The normalized spacial score (nSPS) is 13.2. The van der Waals surface area contributed by atoms with Crippen LogP contribution in [-0.2, 0) is 6.42 Å². The number of nitrogens with zero attached hydrogens (tertiary/aromatic N) is 3. The molecule has 1 aliphatic rings. The molecule has 114 valence electrons. The van der Waals surface area contributed by atoms with E-state index in [4.69, 9.17) is 0 Å². The minimum Gasteiger partial charge on any atom is -0.322 e. The summed E-state index contributed by atoms with van der Waals surface area (Å²) in [6, 6.07) is 10.5. The smallest absolute Gasteiger partial charge is 0.259 e. The Hall–Kier alpha value is -2.95. The molecule has 4 rings (SSSR count). The number of rotatable bonds is 2. The molecule has 0 radical (unpaired) electrons. The molecule has 3 heterocycles. The lowest BCUT2D eigenvalue weighted by Crippen LogP contribution is -2.29. The zero-order valence-electron chi connectivity index (χ0n) is 12.3. The van der Waals surface area contributed by atoms with Crippen molar-refractivity contribution >= 4 is 11.6 Å². The fourth-order valence-corrected chi connectivity index (χ4v) is 2.95. The Bertz CT molecular complexity index is 874. The summed E-state index contributed by atoms with van der Waals surface area (Å²) in [6.07, 6.45) is 7.58. The zero-order valence-corrected chi connectivity index (χ0v) is 12.3. The van der Waals surface area contributed by atoms with E-state index < -0.39 is 0 Å². The predicted octanol–water partition coefficient (Wildman–Crippen LogP) is 3.21. The minimum absolute atomic E-state index is 0.157. The van der Waals surface area contributed by atoms with Gasteiger partial charge >= 0.3 is 0 Å². The number of carbonyl (C=O) groups excluding carboxylic acids is 1. The van der Waals surface area contributed by atoms with Crippen molar-refractivity contribution in [2.45, 2.75) is 6.42 Å². The lowest BCUT2D eigenvalue weighted by Gasteiger charge is -2.17. The van der Waals surface area contributed by atoms with E-state index in [1.165, 1.54) is 6.07 Å². The Balaban J connectivity index is 1.69. The van der Waals surface area contributed by atoms with E-state index in [9.17, 15) is 9.18 Å². The van der Waals surface area contributed by atoms with E-state index in [1.54, 1.807) is 35.5 Å². The number of anilines is 1. The highest BCUT2D eigenvalue weighted by atomic mass is 19.1. The molecule has 23 heavy (non-hydrogen) atoms. The van der Waals surface area contributed by atoms with Crippen molar-refractivity contribution in [2.24, 2.45) is 0 Å². The quantitative estimate of drug-likeness (QED) is 0.729. The van der Waals surface area contributed by atoms with E-state index in [1.807, 2.05) is 29.1 Å². The Morgan fingerprint density at radius 3 is 2.78 bits per heavy atom. The van der Waals surface area contributed by atoms with Crippen molar-refractivity contribution in [2.75, 3.05) is 11.4 Å². The van der Waals surface area contributed by atoms with Gasteiger partial charge in [-0.2, -0.15) is 0 Å². The van der Waals surface area contributed by atoms with Gasteiger partial charge in [-0.15, -0.1) is 0 Å². The van der Waals surface area contributed by atoms with E-state index in [2.05, 4.69) is 4.98 Å². The van der Waals surface area contributed by atoms with Crippen molar-refractivity contribution < 1.29 is 9.18 Å². The van der Waals surface area contributed by atoms with E-state index in [-0.39, 0.29) is 11.7 Å². The Morgan fingerprint density at radius 1 is 1.13 bits per heavy atom. The largest absolute Gasteiger partial charge is 0.322 e. The van der Waals surface area contributed by atoms with E-state index in [0.717, 1.165) is 5.69 Å². The van der Waals surface area contributed by atoms with Gasteiger partial charge in [-0.3, -0.25) is 9.78 Å². The summed E-state index contributed by atoms with van der Waals surface area (Å²) < 4.78 is 15.7. The molecule has 0 aliphatic carbocycles. The molecular formula is C18H14FN3O. The highest BCUT2D eigenvalue weighted by molar-refractivity contribution is 6.07. The second kappa shape index (κ2) is 5.35. The van der Waals surface area contributed by atoms with Gasteiger partial charge in [-0.05, 0) is 36.8 Å². The van der Waals surface area contributed by atoms with Gasteiger partial charge in [0.15, 0.2) is 0 Å². The van der Waals surface area contributed by atoms with Gasteiger partial charge in [0.25, 0.3) is 5.91 Å². The molecule has 1 aromatic carbocycles. The standard InChI is InChI=1S/C18H14FN3O/c19-16-4-3-5-17-15(16)6-9-22(17)18(23)13-10-14(12-20-11-13)21-7-1-2-8-21/h1-5,7-8,10-12H,6,9H2. The van der Waals surface area contributed by atoms with Crippen LogP contribution in [0, 0.1) is 5.82 Å². The third-order valence-electron chi connectivity index (χ3n) is 4.09. The van der Waals surface area contributed by atoms with Crippen LogP contribution in [0.25, 0.3) is 5.69 Å². The van der Waals surface area contributed by atoms with Crippen molar-refractivity contribution in [1.29, 1.82) is 0 Å². The van der Waals surface area contributed by atoms with Gasteiger partial charge in [-0.25, -0.2) is 4.39 Å². The monoisotopic (exact) mass is 307 g/mol. The van der Waals surface area contributed by atoms with E-state index >= 15 is 0 Å². The molecule has 0 atom stereocenters. The maximum atomic E-state index is 13.8. The minimum atomic E-state index is -0.253. The van der Waals surface area contributed by atoms with Gasteiger partial charge in [0.2, 0.25) is 0 Å². The zero-order chi connectivity index (χ0) is 15.8. The molecule has 2 aromatic heterocycles. The fraction of sp³-hybridized carbons (Fsp3) is 0.111. The molecule has 4 nitrogen and oxygen atoms in total. The molecule has 0 fully saturated rings. The highest BCUT2D eigenvalue weighted by Crippen LogP contribution is 2.31. The van der Waals surface area contributed by atoms with E-state index in [0.29, 0.717) is 29.8 Å². The molecule has 3 aromatic rings. The van der Waals surface area contributed by atoms with Gasteiger partial charge in [0.05, 0.1) is 23.1 Å². The van der Waals surface area contributed by atoms with Crippen LogP contribution >= 0.6 is 0 Å². The first-order valence-electron chi connectivity index (χ1n) is 7.42. The average molecular weight is 307 g/mol. The van der Waals surface area contributed by atoms with Crippen molar-refractivity contribution in [3.05, 3.63) is 78.1 Å². The molecule has 0 saturated heterocycles. The molecule has 5 heteroatoms. The molecule has 0 spiro atoms. The summed E-state index contributed by atoms with van der Waals surface area (Å²) in [5, 5.41) is 0. The summed E-state index contributed by atoms with van der Waals surface area (Å²) >= 11 is 0. The predicted molar refractivity (Wildman–Crippen MR) is 85.3 cm³/mol. The third-order valence-corrected chi connectivity index (χ3v) is 4.09. The molecule has 1 aliphatic heterocycles. The van der Waals surface area contributed by atoms with Crippen molar-refractivity contribution in [3.63, 3.8) is 0 Å². The number of aromatic nitrogens is 2. The van der Waals surface area contributed by atoms with Crippen LogP contribution in [0.5, 0.6) is 0 Å². The molecule has 1 amide bonds. The Morgan fingerprint density at radius 2 is 1.96 bits per heavy atom. The molecular weight excluding hydrogens is 293 g/mol. The molecule has 0 bridgehead atoms. The third kappa shape index (κ3) is 2.30. The number of carbonyl (C=O) groups is 1. The number of pyridine rings is 1. The average Bonchev–Trinajstić information content (AvgIpc) is 3.25. The van der Waals surface area contributed by atoms with Gasteiger partial charge in [-0.1, -0.05) is 6.07 Å². The van der Waals surface area contributed by atoms with Crippen LogP contribution < -0.4 is 4.90 Å². The van der Waals surface area contributed by atoms with Gasteiger partial charge < -0.3 is 9.47 Å². The summed E-state index contributed by atoms with van der Waals surface area (Å²) in [4.78, 5) is 18.6. The summed E-state index contributed by atoms with van der Waals surface area (Å²) in [5.74, 6) is -0.409. The van der Waals surface area contributed by atoms with Crippen LogP contribution in [0.15, 0.2) is 61.2 Å². The number of hydrogen-bond donors (Lipinski definition) is 0. The first-order chi connectivity index (χ1) is 11.2. The lowest BCUT2D eigenvalue weighted by molar-refractivity contribution is 0.0989. The lowest BCUT2D eigenvalue weighted by atomic mass is 10.1.